The van der Waals surface area contributed by atoms with Crippen molar-refractivity contribution < 1.29 is 15.8 Å². The minimum absolute atomic E-state index is 0. The molecule has 1 saturated carbocycles. The highest BCUT2D eigenvalue weighted by molar-refractivity contribution is 6.04. The molecule has 0 unspecified atom stereocenters. The molecule has 5 nitrogen and oxygen atoms in total. The van der Waals surface area contributed by atoms with Crippen LogP contribution in [0, 0.1) is 0 Å². The van der Waals surface area contributed by atoms with Gasteiger partial charge in [0.2, 0.25) is 5.91 Å². The highest BCUT2D eigenvalue weighted by atomic mass is 16.5. The van der Waals surface area contributed by atoms with E-state index in [2.05, 4.69) is 37.1 Å². The maximum absolute atomic E-state index is 13.2. The Hall–Kier alpha value is -3.08. The number of aromatic amines is 1. The minimum Gasteiger partial charge on any atom is -0.492 e. The Morgan fingerprint density at radius 1 is 1.13 bits per heavy atom. The topological polar surface area (TPSA) is 71.2 Å². The predicted octanol–water partition coefficient (Wildman–Crippen LogP) is 5.35. The summed E-state index contributed by atoms with van der Waals surface area (Å²) < 4.78 is 5.58. The molecule has 0 radical (unpaired) electrons. The van der Waals surface area contributed by atoms with Crippen molar-refractivity contribution in [2.45, 2.75) is 50.9 Å². The third-order valence-electron chi connectivity index (χ3n) is 6.29. The van der Waals surface area contributed by atoms with Crippen molar-refractivity contribution in [3.63, 3.8) is 0 Å². The molecule has 0 atom stereocenters. The zero-order chi connectivity index (χ0) is 21.1. The third kappa shape index (κ3) is 3.09. The first kappa shape index (κ1) is 18.9. The van der Waals surface area contributed by atoms with Crippen molar-refractivity contribution >= 4 is 28.3 Å². The van der Waals surface area contributed by atoms with Crippen LogP contribution in [0.15, 0.2) is 42.5 Å². The lowest BCUT2D eigenvalue weighted by Gasteiger charge is -2.20. The molecule has 1 fully saturated rings. The van der Waals surface area contributed by atoms with Crippen molar-refractivity contribution in [3.8, 4) is 5.75 Å². The maximum Gasteiger partial charge on any atom is 0.235 e. The number of carbonyl (C=O) groups is 2. The second kappa shape index (κ2) is 6.46. The van der Waals surface area contributed by atoms with E-state index in [1.54, 1.807) is 0 Å². The van der Waals surface area contributed by atoms with Gasteiger partial charge in [-0.3, -0.25) is 9.59 Å². The lowest BCUT2D eigenvalue weighted by atomic mass is 9.91. The van der Waals surface area contributed by atoms with Crippen LogP contribution in [0.4, 0.5) is 5.69 Å². The van der Waals surface area contributed by atoms with Gasteiger partial charge in [-0.15, -0.1) is 0 Å². The van der Waals surface area contributed by atoms with Crippen molar-refractivity contribution in [1.82, 2.24) is 4.98 Å². The van der Waals surface area contributed by atoms with Crippen LogP contribution in [0.5, 0.6) is 5.75 Å². The average molecular weight is 405 g/mol. The van der Waals surface area contributed by atoms with Crippen LogP contribution in [0.3, 0.4) is 0 Å². The van der Waals surface area contributed by atoms with E-state index >= 15 is 0 Å². The Morgan fingerprint density at radius 3 is 2.67 bits per heavy atom. The number of ketones is 1. The number of hydrogen-bond acceptors (Lipinski definition) is 3. The molecule has 0 bridgehead atoms. The lowest BCUT2D eigenvalue weighted by Crippen LogP contribution is -2.28. The van der Waals surface area contributed by atoms with Gasteiger partial charge in [-0.2, -0.15) is 0 Å². The largest absolute Gasteiger partial charge is 0.492 e. The molecule has 2 aliphatic rings. The summed E-state index contributed by atoms with van der Waals surface area (Å²) in [5, 5.41) is 4.19. The monoisotopic (exact) mass is 404 g/mol. The highest BCUT2D eigenvalue weighted by Crippen LogP contribution is 2.50. The van der Waals surface area contributed by atoms with Gasteiger partial charge in [-0.25, -0.2) is 0 Å². The smallest absolute Gasteiger partial charge is 0.235 e. The normalized spacial score (nSPS) is 17.4. The molecular weight excluding hydrogens is 376 g/mol. The quantitative estimate of drug-likeness (QED) is 0.618. The van der Waals surface area contributed by atoms with E-state index in [9.17, 15) is 9.59 Å². The van der Waals surface area contributed by atoms with Gasteiger partial charge in [0.05, 0.1) is 17.6 Å². The molecular formula is C25H28N2O3. The summed E-state index contributed by atoms with van der Waals surface area (Å²) in [6, 6.07) is 13.7. The molecule has 0 saturated heterocycles. The second-order valence-corrected chi connectivity index (χ2v) is 9.50. The number of aromatic nitrogens is 1. The number of fused-ring (bicyclic) bond motifs is 2. The number of hydrogen-bond donors (Lipinski definition) is 2. The molecule has 1 amide bonds. The number of amides is 1. The summed E-state index contributed by atoms with van der Waals surface area (Å²) in [5.74, 6) is 0.693. The van der Waals surface area contributed by atoms with Gasteiger partial charge in [0.25, 0.3) is 0 Å². The van der Waals surface area contributed by atoms with Crippen LogP contribution in [0.2, 0.25) is 0 Å². The van der Waals surface area contributed by atoms with E-state index in [-0.39, 0.29) is 18.5 Å². The summed E-state index contributed by atoms with van der Waals surface area (Å²) in [5.41, 5.74) is 3.99. The summed E-state index contributed by atoms with van der Waals surface area (Å²) in [6.07, 6.45) is 1.96. The fourth-order valence-electron chi connectivity index (χ4n) is 4.20. The summed E-state index contributed by atoms with van der Waals surface area (Å²) >= 11 is 0. The molecule has 156 valence electrons. The number of H-pyrrole nitrogens is 1. The molecule has 2 heterocycles. The standard InChI is InChI=1S/C25H26N2O3.H2/c1-24(2,3)22-13-15-12-17(5-6-19(15)27-22)26-23(29)25(9-10-25)16-4-7-21-18(14-16)20(28)8-11-30-21;/h4-7,12-14,27H,8-11H2,1-3H3,(H,26,29);1H. The molecule has 1 aliphatic carbocycles. The van der Waals surface area contributed by atoms with Crippen LogP contribution < -0.4 is 10.1 Å². The van der Waals surface area contributed by atoms with Crippen LogP contribution in [-0.2, 0) is 15.6 Å². The van der Waals surface area contributed by atoms with Crippen molar-refractivity contribution in [3.05, 3.63) is 59.3 Å². The summed E-state index contributed by atoms with van der Waals surface area (Å²) in [7, 11) is 0. The highest BCUT2D eigenvalue weighted by Gasteiger charge is 2.51. The van der Waals surface area contributed by atoms with Crippen LogP contribution >= 0.6 is 0 Å². The van der Waals surface area contributed by atoms with Gasteiger partial charge < -0.3 is 15.0 Å². The molecule has 3 aromatic rings. The molecule has 2 aromatic carbocycles. The molecule has 1 aromatic heterocycles. The lowest BCUT2D eigenvalue weighted by molar-refractivity contribution is -0.118. The maximum atomic E-state index is 13.2. The minimum atomic E-state index is -0.559. The van der Waals surface area contributed by atoms with Gasteiger partial charge in [0.15, 0.2) is 5.78 Å². The Morgan fingerprint density at radius 2 is 1.93 bits per heavy atom. The predicted molar refractivity (Wildman–Crippen MR) is 120 cm³/mol. The van der Waals surface area contributed by atoms with Gasteiger partial charge in [0, 0.05) is 35.5 Å². The van der Waals surface area contributed by atoms with E-state index in [1.165, 1.54) is 5.69 Å². The fraction of sp³-hybridized carbons (Fsp3) is 0.360. The zero-order valence-corrected chi connectivity index (χ0v) is 17.6. The number of ether oxygens (including phenoxy) is 1. The molecule has 1 aliphatic heterocycles. The molecule has 2 N–H and O–H groups in total. The first-order valence-corrected chi connectivity index (χ1v) is 10.5. The van der Waals surface area contributed by atoms with E-state index in [1.807, 2.05) is 36.4 Å². The zero-order valence-electron chi connectivity index (χ0n) is 17.6. The Balaban J connectivity index is 0.00000231. The molecule has 30 heavy (non-hydrogen) atoms. The first-order valence-electron chi connectivity index (χ1n) is 10.5. The molecule has 5 rings (SSSR count). The Labute approximate surface area is 177 Å². The number of anilines is 1. The van der Waals surface area contributed by atoms with Crippen LogP contribution in [0.1, 0.15) is 63.1 Å². The summed E-state index contributed by atoms with van der Waals surface area (Å²) in [6.45, 7) is 6.94. The first-order chi connectivity index (χ1) is 14.3. The van der Waals surface area contributed by atoms with E-state index in [0.29, 0.717) is 24.3 Å². The van der Waals surface area contributed by atoms with E-state index in [0.717, 1.165) is 35.0 Å². The van der Waals surface area contributed by atoms with Crippen LogP contribution in [0.25, 0.3) is 10.9 Å². The number of nitrogens with one attached hydrogen (secondary N) is 2. The Bertz CT molecular complexity index is 1190. The molecule has 0 spiro atoms. The third-order valence-corrected chi connectivity index (χ3v) is 6.29. The van der Waals surface area contributed by atoms with Gasteiger partial charge >= 0.3 is 0 Å². The van der Waals surface area contributed by atoms with Gasteiger partial charge in [-0.05, 0) is 54.8 Å². The summed E-state index contributed by atoms with van der Waals surface area (Å²) in [4.78, 5) is 28.9. The SMILES string of the molecule is CC(C)(C)c1cc2cc(NC(=O)C3(c4ccc5c(c4)C(=O)CCO5)CC3)ccc2[nH]1.[HH]. The van der Waals surface area contributed by atoms with Gasteiger partial charge in [0.1, 0.15) is 5.75 Å². The number of Topliss-reactive ketones (excluding diaryl/α,β-unsaturated/α-hetero) is 1. The van der Waals surface area contributed by atoms with Gasteiger partial charge in [-0.1, -0.05) is 26.8 Å². The number of rotatable bonds is 3. The number of benzene rings is 2. The van der Waals surface area contributed by atoms with Crippen molar-refractivity contribution in [2.75, 3.05) is 11.9 Å². The Kier molecular flexibility index (Phi) is 4.07. The van der Waals surface area contributed by atoms with E-state index < -0.39 is 5.41 Å². The average Bonchev–Trinajstić information content (AvgIpc) is 3.40. The van der Waals surface area contributed by atoms with Crippen molar-refractivity contribution in [2.24, 2.45) is 0 Å². The van der Waals surface area contributed by atoms with Crippen LogP contribution in [-0.4, -0.2) is 23.3 Å². The van der Waals surface area contributed by atoms with E-state index in [4.69, 9.17) is 4.74 Å². The van der Waals surface area contributed by atoms with Crippen molar-refractivity contribution in [1.29, 1.82) is 0 Å². The number of carbonyl (C=O) groups excluding carboxylic acids is 2. The molecule has 5 heteroatoms. The second-order valence-electron chi connectivity index (χ2n) is 9.50. The fourth-order valence-corrected chi connectivity index (χ4v) is 4.20.